The van der Waals surface area contributed by atoms with E-state index in [2.05, 4.69) is 126 Å². The molecule has 38 heavy (non-hydrogen) atoms. The Balaban J connectivity index is 0.00000507. The zero-order chi connectivity index (χ0) is 27.8. The number of rotatable bonds is 8. The predicted molar refractivity (Wildman–Crippen MR) is 173 cm³/mol. The van der Waals surface area contributed by atoms with E-state index in [1.165, 1.54) is 59.1 Å². The average molecular weight is 610 g/mol. The normalized spacial score (nSPS) is 12.0. The molecule has 0 aliphatic carbocycles. The molecular weight excluding hydrogens is 561 g/mol. The molecule has 0 saturated heterocycles. The van der Waals surface area contributed by atoms with Gasteiger partial charge in [0.15, 0.2) is 0 Å². The minimum atomic E-state index is 0. The third-order valence-corrected chi connectivity index (χ3v) is 9.21. The van der Waals surface area contributed by atoms with Crippen molar-refractivity contribution in [1.29, 1.82) is 0 Å². The minimum absolute atomic E-state index is 0. The van der Waals surface area contributed by atoms with Crippen molar-refractivity contribution in [1.82, 2.24) is 0 Å². The fraction of sp³-hybridized carbons (Fsp3) is 0.500. The molecule has 0 nitrogen and oxygen atoms in total. The Labute approximate surface area is 260 Å². The van der Waals surface area contributed by atoms with Crippen LogP contribution in [0.4, 0.5) is 0 Å². The molecule has 0 spiro atoms. The molecule has 0 unspecified atom stereocenters. The Morgan fingerprint density at radius 2 is 0.711 bits per heavy atom. The molecule has 0 heterocycles. The van der Waals surface area contributed by atoms with Crippen LogP contribution in [0.1, 0.15) is 152 Å². The molecule has 3 radical (unpaired) electrons. The van der Waals surface area contributed by atoms with Crippen molar-refractivity contribution < 1.29 is 0 Å². The predicted octanol–water partition coefficient (Wildman–Crippen LogP) is 10.2. The molecule has 0 aliphatic heterocycles. The summed E-state index contributed by atoms with van der Waals surface area (Å²) in [5, 5.41) is 0. The summed E-state index contributed by atoms with van der Waals surface area (Å²) in [6.07, 6.45) is 0. The first-order valence-electron chi connectivity index (χ1n) is 14.4. The maximum Gasteiger partial charge on any atom is 0 e. The molecule has 0 atom stereocenters. The second-order valence-electron chi connectivity index (χ2n) is 12.8. The van der Waals surface area contributed by atoms with Crippen molar-refractivity contribution in [3.05, 3.63) is 75.8 Å². The molecule has 3 rings (SSSR count). The molecule has 199 valence electrons. The maximum atomic E-state index is 2.49. The third kappa shape index (κ3) is 6.86. The summed E-state index contributed by atoms with van der Waals surface area (Å²) < 4.78 is 1.46. The number of benzene rings is 3. The van der Waals surface area contributed by atoms with Crippen LogP contribution < -0.4 is 3.51 Å². The van der Waals surface area contributed by atoms with Crippen molar-refractivity contribution in [2.45, 2.75) is 119 Å². The zero-order valence-electron chi connectivity index (χ0n) is 26.5. The molecule has 3 aromatic rings. The summed E-state index contributed by atoms with van der Waals surface area (Å²) in [4.78, 5) is 0. The molecule has 0 saturated carbocycles. The van der Waals surface area contributed by atoms with Gasteiger partial charge in [0, 0.05) is 18.9 Å². The van der Waals surface area contributed by atoms with E-state index in [4.69, 9.17) is 0 Å². The van der Waals surface area contributed by atoms with E-state index in [1.807, 2.05) is 23.0 Å². The Morgan fingerprint density at radius 1 is 0.447 bits per heavy atom. The van der Waals surface area contributed by atoms with Crippen LogP contribution in [0, 0.1) is 0 Å². The third-order valence-electron chi connectivity index (χ3n) is 7.84. The second-order valence-corrected chi connectivity index (χ2v) is 14.1. The largest absolute Gasteiger partial charge is 0 e. The van der Waals surface area contributed by atoms with Crippen LogP contribution in [0.5, 0.6) is 0 Å². The van der Waals surface area contributed by atoms with Gasteiger partial charge in [-0.3, -0.25) is 0 Å². The Hall–Kier alpha value is -0.924. The monoisotopic (exact) mass is 609 g/mol. The molecule has 0 N–H and O–H groups in total. The number of hydrogen-bond acceptors (Lipinski definition) is 0. The van der Waals surface area contributed by atoms with E-state index < -0.39 is 0 Å². The molecule has 0 bridgehead atoms. The molecule has 3 aromatic carbocycles. The minimum Gasteiger partial charge on any atom is 0 e. The van der Waals surface area contributed by atoms with Crippen molar-refractivity contribution >= 4 is 45.4 Å². The Bertz CT molecular complexity index is 1090. The molecule has 0 aliphatic rings. The SMILES string of the molecule is CC(C)c1cc(C(C)C)c(-c2cccc(-c3c(C(C)C)cc(C(C)C)cc3C(C)C)[c]2[Sb])c(C(C)C)c1.[Li]. The summed E-state index contributed by atoms with van der Waals surface area (Å²) in [7, 11) is 0. The van der Waals surface area contributed by atoms with E-state index in [0.717, 1.165) is 0 Å². The quantitative estimate of drug-likeness (QED) is 0.223. The summed E-state index contributed by atoms with van der Waals surface area (Å²) in [5.74, 6) is 2.96. The van der Waals surface area contributed by atoms with Crippen LogP contribution in [0.15, 0.2) is 42.5 Å². The zero-order valence-corrected chi connectivity index (χ0v) is 29.0. The van der Waals surface area contributed by atoms with Crippen LogP contribution in [0.3, 0.4) is 0 Å². The van der Waals surface area contributed by atoms with E-state index in [-0.39, 0.29) is 18.9 Å². The van der Waals surface area contributed by atoms with Crippen LogP contribution in [-0.2, 0) is 0 Å². The van der Waals surface area contributed by atoms with Gasteiger partial charge in [0.05, 0.1) is 0 Å². The smallest absolute Gasteiger partial charge is 0 e. The molecule has 2 heteroatoms. The van der Waals surface area contributed by atoms with Gasteiger partial charge in [0.1, 0.15) is 0 Å². The van der Waals surface area contributed by atoms with Gasteiger partial charge in [-0.15, -0.1) is 0 Å². The van der Waals surface area contributed by atoms with Crippen LogP contribution in [-0.4, -0.2) is 41.9 Å². The topological polar surface area (TPSA) is 0 Å². The van der Waals surface area contributed by atoms with E-state index in [9.17, 15) is 0 Å². The van der Waals surface area contributed by atoms with E-state index >= 15 is 0 Å². The first kappa shape index (κ1) is 33.3. The maximum absolute atomic E-state index is 2.49. The van der Waals surface area contributed by atoms with Crippen LogP contribution in [0.25, 0.3) is 22.3 Å². The Morgan fingerprint density at radius 3 is 0.921 bits per heavy atom. The fourth-order valence-corrected chi connectivity index (χ4v) is 6.54. The van der Waals surface area contributed by atoms with Gasteiger partial charge in [-0.05, 0) is 0 Å². The van der Waals surface area contributed by atoms with Crippen molar-refractivity contribution in [2.24, 2.45) is 0 Å². The first-order chi connectivity index (χ1) is 17.3. The fourth-order valence-electron chi connectivity index (χ4n) is 5.48. The van der Waals surface area contributed by atoms with Gasteiger partial charge in [0.2, 0.25) is 0 Å². The average Bonchev–Trinajstić information content (AvgIpc) is 2.82. The van der Waals surface area contributed by atoms with E-state index in [1.54, 1.807) is 0 Å². The van der Waals surface area contributed by atoms with Crippen molar-refractivity contribution in [2.75, 3.05) is 0 Å². The molecule has 0 aromatic heterocycles. The van der Waals surface area contributed by atoms with Gasteiger partial charge in [0.25, 0.3) is 0 Å². The first-order valence-corrected chi connectivity index (χ1v) is 15.7. The summed E-state index contributed by atoms with van der Waals surface area (Å²) >= 11 is 1.88. The van der Waals surface area contributed by atoms with Gasteiger partial charge >= 0.3 is 243 Å². The summed E-state index contributed by atoms with van der Waals surface area (Å²) in [5.41, 5.74) is 14.7. The van der Waals surface area contributed by atoms with E-state index in [0.29, 0.717) is 35.5 Å². The second kappa shape index (κ2) is 13.6. The molecular formula is C36H49LiSb. The standard InChI is InChI=1S/C36H49.Li.Sb/c1-21(2)29-17-31(23(5)6)35(32(18-29)24(7)8)27-14-13-15-28(16-27)36-33(25(9)10)19-30(22(3)4)20-34(36)26(11)12;;/h13-15,17-26H,1-12H3;;. The van der Waals surface area contributed by atoms with Gasteiger partial charge in [-0.25, -0.2) is 0 Å². The molecule has 0 amide bonds. The molecule has 0 fully saturated rings. The van der Waals surface area contributed by atoms with Gasteiger partial charge < -0.3 is 0 Å². The van der Waals surface area contributed by atoms with Crippen LogP contribution >= 0.6 is 0 Å². The Kier molecular flexibility index (Phi) is 11.9. The van der Waals surface area contributed by atoms with Gasteiger partial charge in [-0.1, -0.05) is 0 Å². The number of hydrogen-bond donors (Lipinski definition) is 0. The van der Waals surface area contributed by atoms with Crippen molar-refractivity contribution in [3.8, 4) is 22.3 Å². The van der Waals surface area contributed by atoms with Gasteiger partial charge in [-0.2, -0.15) is 0 Å². The summed E-state index contributed by atoms with van der Waals surface area (Å²) in [6.45, 7) is 28.1. The van der Waals surface area contributed by atoms with Crippen LogP contribution in [0.2, 0.25) is 0 Å². The summed E-state index contributed by atoms with van der Waals surface area (Å²) in [6, 6.07) is 17.0. The van der Waals surface area contributed by atoms with Crippen molar-refractivity contribution in [3.63, 3.8) is 0 Å².